The lowest BCUT2D eigenvalue weighted by molar-refractivity contribution is -0.195. The zero-order valence-electron chi connectivity index (χ0n) is 15.3. The van der Waals surface area contributed by atoms with Crippen LogP contribution in [0.25, 0.3) is 0 Å². The highest BCUT2D eigenvalue weighted by Gasteiger charge is 2.47. The van der Waals surface area contributed by atoms with Crippen molar-refractivity contribution in [1.29, 1.82) is 0 Å². The lowest BCUT2D eigenvalue weighted by Gasteiger charge is -2.41. The molecule has 0 bridgehead atoms. The summed E-state index contributed by atoms with van der Waals surface area (Å²) in [6, 6.07) is -1.15. The first kappa shape index (κ1) is 20.7. The van der Waals surface area contributed by atoms with E-state index in [2.05, 4.69) is 43.4 Å². The first-order valence-electron chi connectivity index (χ1n) is 8.47. The fraction of sp³-hybridized carbons (Fsp3) is 1.00. The maximum Gasteiger partial charge on any atom is 0.405 e. The van der Waals surface area contributed by atoms with E-state index >= 15 is 0 Å². The first-order valence-corrected chi connectivity index (χ1v) is 8.47. The molecular weight excluding hydrogens is 305 g/mol. The van der Waals surface area contributed by atoms with Gasteiger partial charge in [0.2, 0.25) is 0 Å². The van der Waals surface area contributed by atoms with Crippen LogP contribution in [0.2, 0.25) is 0 Å². The summed E-state index contributed by atoms with van der Waals surface area (Å²) < 4.78 is 37.6. The number of likely N-dealkylation sites (N-methyl/N-ethyl adjacent to an activating group) is 2. The van der Waals surface area contributed by atoms with Crippen molar-refractivity contribution in [2.75, 3.05) is 39.8 Å². The smallest absolute Gasteiger partial charge is 0.311 e. The molecular formula is C16H33F3N4. The SMILES string of the molecule is CC1CNC(C)(C)CN1C.CCN1CCNC(C)C1C(F)(F)F. The number of nitrogens with zero attached hydrogens (tertiary/aromatic N) is 2. The Balaban J connectivity index is 0.000000238. The fourth-order valence-corrected chi connectivity index (χ4v) is 3.26. The van der Waals surface area contributed by atoms with Crippen LogP contribution in [0.3, 0.4) is 0 Å². The highest BCUT2D eigenvalue weighted by molar-refractivity contribution is 4.91. The summed E-state index contributed by atoms with van der Waals surface area (Å²) >= 11 is 0. The van der Waals surface area contributed by atoms with Gasteiger partial charge in [-0.05, 0) is 41.3 Å². The summed E-state index contributed by atoms with van der Waals surface area (Å²) in [6.45, 7) is 13.9. The molecule has 0 aromatic heterocycles. The maximum atomic E-state index is 12.5. The molecule has 0 aromatic rings. The van der Waals surface area contributed by atoms with Crippen molar-refractivity contribution < 1.29 is 13.2 Å². The summed E-state index contributed by atoms with van der Waals surface area (Å²) in [6.07, 6.45) is -4.12. The zero-order valence-corrected chi connectivity index (χ0v) is 15.3. The number of nitrogens with one attached hydrogen (secondary N) is 2. The van der Waals surface area contributed by atoms with Crippen molar-refractivity contribution in [2.24, 2.45) is 0 Å². The summed E-state index contributed by atoms with van der Waals surface area (Å²) in [7, 11) is 2.19. The standard InChI is InChI=1S/C8H15F3N2.C8H18N2/c1-3-13-5-4-12-6(2)7(13)8(9,10)11;1-7-5-9-8(2,3)6-10(7)4/h6-7,12H,3-5H2,1-2H3;7,9H,5-6H2,1-4H3. The zero-order chi connectivity index (χ0) is 17.8. The molecule has 2 fully saturated rings. The highest BCUT2D eigenvalue weighted by atomic mass is 19.4. The number of halogens is 3. The number of piperazine rings is 2. The molecule has 0 aromatic carbocycles. The predicted molar refractivity (Wildman–Crippen MR) is 88.7 cm³/mol. The Morgan fingerprint density at radius 2 is 1.83 bits per heavy atom. The molecule has 2 heterocycles. The van der Waals surface area contributed by atoms with Gasteiger partial charge in [-0.15, -0.1) is 0 Å². The van der Waals surface area contributed by atoms with E-state index in [-0.39, 0.29) is 0 Å². The lowest BCUT2D eigenvalue weighted by Crippen LogP contribution is -2.62. The van der Waals surface area contributed by atoms with E-state index in [0.29, 0.717) is 31.2 Å². The van der Waals surface area contributed by atoms with Gasteiger partial charge in [0.1, 0.15) is 6.04 Å². The van der Waals surface area contributed by atoms with Crippen LogP contribution in [-0.2, 0) is 0 Å². The van der Waals surface area contributed by atoms with Gasteiger partial charge in [-0.2, -0.15) is 13.2 Å². The van der Waals surface area contributed by atoms with Crippen LogP contribution in [-0.4, -0.2) is 79.4 Å². The predicted octanol–water partition coefficient (Wildman–Crippen LogP) is 1.92. The largest absolute Gasteiger partial charge is 0.405 e. The van der Waals surface area contributed by atoms with Gasteiger partial charge < -0.3 is 15.5 Å². The first-order chi connectivity index (χ1) is 10.5. The van der Waals surface area contributed by atoms with Gasteiger partial charge in [0.15, 0.2) is 0 Å². The summed E-state index contributed by atoms with van der Waals surface area (Å²) in [4.78, 5) is 3.87. The second-order valence-electron chi connectivity index (χ2n) is 7.39. The van der Waals surface area contributed by atoms with Gasteiger partial charge in [0, 0.05) is 43.8 Å². The second kappa shape index (κ2) is 8.14. The average molecular weight is 338 g/mol. The van der Waals surface area contributed by atoms with Crippen molar-refractivity contribution in [3.05, 3.63) is 0 Å². The van der Waals surface area contributed by atoms with Crippen molar-refractivity contribution in [3.63, 3.8) is 0 Å². The van der Waals surface area contributed by atoms with Crippen molar-refractivity contribution in [2.45, 2.75) is 64.5 Å². The Morgan fingerprint density at radius 3 is 2.22 bits per heavy atom. The van der Waals surface area contributed by atoms with Crippen molar-refractivity contribution in [1.82, 2.24) is 20.4 Å². The molecule has 7 heteroatoms. The van der Waals surface area contributed by atoms with Crippen LogP contribution in [0.4, 0.5) is 13.2 Å². The summed E-state index contributed by atoms with van der Waals surface area (Å²) in [5.41, 5.74) is 0.307. The fourth-order valence-electron chi connectivity index (χ4n) is 3.26. The molecule has 0 aliphatic carbocycles. The number of hydrogen-bond acceptors (Lipinski definition) is 4. The molecule has 138 valence electrons. The molecule has 2 aliphatic heterocycles. The Hall–Kier alpha value is -0.370. The average Bonchev–Trinajstić information content (AvgIpc) is 2.42. The van der Waals surface area contributed by atoms with E-state index in [9.17, 15) is 13.2 Å². The number of hydrogen-bond donors (Lipinski definition) is 2. The van der Waals surface area contributed by atoms with Gasteiger partial charge in [-0.3, -0.25) is 4.90 Å². The van der Waals surface area contributed by atoms with Crippen LogP contribution in [0.5, 0.6) is 0 Å². The van der Waals surface area contributed by atoms with Gasteiger partial charge in [-0.1, -0.05) is 6.92 Å². The monoisotopic (exact) mass is 338 g/mol. The third-order valence-corrected chi connectivity index (χ3v) is 4.75. The Kier molecular flexibility index (Phi) is 7.32. The van der Waals surface area contributed by atoms with Crippen molar-refractivity contribution in [3.8, 4) is 0 Å². The summed E-state index contributed by atoms with van der Waals surface area (Å²) in [5.74, 6) is 0. The van der Waals surface area contributed by atoms with E-state index < -0.39 is 18.3 Å². The van der Waals surface area contributed by atoms with E-state index in [4.69, 9.17) is 0 Å². The van der Waals surface area contributed by atoms with E-state index in [0.717, 1.165) is 13.1 Å². The molecule has 2 aliphatic rings. The lowest BCUT2D eigenvalue weighted by atomic mass is 10.0. The van der Waals surface area contributed by atoms with Gasteiger partial charge in [0.25, 0.3) is 0 Å². The molecule has 3 atom stereocenters. The molecule has 2 N–H and O–H groups in total. The minimum atomic E-state index is -4.12. The minimum absolute atomic E-state index is 0.307. The topological polar surface area (TPSA) is 30.5 Å². The van der Waals surface area contributed by atoms with Gasteiger partial charge in [-0.25, -0.2) is 0 Å². The Bertz CT molecular complexity index is 360. The normalized spacial score (nSPS) is 33.0. The van der Waals surface area contributed by atoms with Gasteiger partial charge >= 0.3 is 6.18 Å². The molecule has 0 saturated carbocycles. The van der Waals surface area contributed by atoms with E-state index in [1.54, 1.807) is 13.8 Å². The molecule has 4 nitrogen and oxygen atoms in total. The van der Waals surface area contributed by atoms with E-state index in [1.807, 2.05) is 0 Å². The minimum Gasteiger partial charge on any atom is -0.311 e. The molecule has 0 spiro atoms. The summed E-state index contributed by atoms with van der Waals surface area (Å²) in [5, 5.41) is 6.34. The Labute approximate surface area is 138 Å². The van der Waals surface area contributed by atoms with Crippen LogP contribution in [0.15, 0.2) is 0 Å². The van der Waals surface area contributed by atoms with Crippen LogP contribution >= 0.6 is 0 Å². The quantitative estimate of drug-likeness (QED) is 0.765. The van der Waals surface area contributed by atoms with Crippen LogP contribution in [0, 0.1) is 0 Å². The second-order valence-corrected chi connectivity index (χ2v) is 7.39. The maximum absolute atomic E-state index is 12.5. The number of alkyl halides is 3. The Morgan fingerprint density at radius 1 is 1.22 bits per heavy atom. The molecule has 2 saturated heterocycles. The van der Waals surface area contributed by atoms with Crippen LogP contribution < -0.4 is 10.6 Å². The number of rotatable bonds is 1. The molecule has 2 rings (SSSR count). The van der Waals surface area contributed by atoms with Crippen molar-refractivity contribution >= 4 is 0 Å². The molecule has 0 radical (unpaired) electrons. The van der Waals surface area contributed by atoms with Gasteiger partial charge in [0.05, 0.1) is 0 Å². The molecule has 3 unspecified atom stereocenters. The molecule has 0 amide bonds. The van der Waals surface area contributed by atoms with Crippen LogP contribution in [0.1, 0.15) is 34.6 Å². The van der Waals surface area contributed by atoms with E-state index in [1.165, 1.54) is 4.90 Å². The third-order valence-electron chi connectivity index (χ3n) is 4.75. The highest BCUT2D eigenvalue weighted by Crippen LogP contribution is 2.28. The third kappa shape index (κ3) is 6.21. The molecule has 23 heavy (non-hydrogen) atoms.